The van der Waals surface area contributed by atoms with Gasteiger partial charge in [-0.15, -0.1) is 5.10 Å². The normalized spacial score (nSPS) is 11.5. The van der Waals surface area contributed by atoms with Crippen LogP contribution in [-0.2, 0) is 6.42 Å². The van der Waals surface area contributed by atoms with Crippen molar-refractivity contribution in [1.82, 2.24) is 9.78 Å². The Balaban J connectivity index is 2.43. The van der Waals surface area contributed by atoms with Crippen molar-refractivity contribution in [2.75, 3.05) is 0 Å². The maximum absolute atomic E-state index is 14.0. The zero-order valence-corrected chi connectivity index (χ0v) is 13.7. The fourth-order valence-corrected chi connectivity index (χ4v) is 2.42. The standard InChI is InChI=1S/C17H23FN2O2/c1-10(2)20-12(5)15(17(19-20)22-11(3)4)8-13-6-7-14(21)9-16(13)18/h6-7,9-11,21H,8H2,1-5H3. The van der Waals surface area contributed by atoms with Crippen molar-refractivity contribution < 1.29 is 14.2 Å². The molecule has 0 fully saturated rings. The van der Waals surface area contributed by atoms with Gasteiger partial charge in [0.05, 0.1) is 6.10 Å². The molecule has 0 bridgehead atoms. The third-order valence-corrected chi connectivity index (χ3v) is 3.48. The first kappa shape index (κ1) is 16.3. The molecule has 2 rings (SSSR count). The third kappa shape index (κ3) is 3.40. The van der Waals surface area contributed by atoms with Gasteiger partial charge in [-0.1, -0.05) is 6.07 Å². The second-order valence-electron chi connectivity index (χ2n) is 6.03. The number of aromatic hydroxyl groups is 1. The van der Waals surface area contributed by atoms with E-state index >= 15 is 0 Å². The molecule has 0 amide bonds. The molecule has 0 atom stereocenters. The van der Waals surface area contributed by atoms with Crippen LogP contribution in [0.4, 0.5) is 4.39 Å². The minimum absolute atomic E-state index is 0.00155. The number of hydrogen-bond donors (Lipinski definition) is 1. The summed E-state index contributed by atoms with van der Waals surface area (Å²) in [6, 6.07) is 4.41. The Bertz CT molecular complexity index is 663. The Morgan fingerprint density at radius 1 is 1.27 bits per heavy atom. The molecule has 0 aliphatic rings. The number of rotatable bonds is 5. The lowest BCUT2D eigenvalue weighted by Gasteiger charge is -2.10. The van der Waals surface area contributed by atoms with Crippen molar-refractivity contribution in [3.05, 3.63) is 40.8 Å². The Labute approximate surface area is 130 Å². The molecule has 0 radical (unpaired) electrons. The molecule has 0 aliphatic carbocycles. The van der Waals surface area contributed by atoms with Gasteiger partial charge in [-0.05, 0) is 46.2 Å². The van der Waals surface area contributed by atoms with Gasteiger partial charge in [-0.3, -0.25) is 4.68 Å². The van der Waals surface area contributed by atoms with E-state index in [4.69, 9.17) is 4.74 Å². The summed E-state index contributed by atoms with van der Waals surface area (Å²) in [4.78, 5) is 0. The monoisotopic (exact) mass is 306 g/mol. The topological polar surface area (TPSA) is 47.3 Å². The number of aromatic nitrogens is 2. The smallest absolute Gasteiger partial charge is 0.236 e. The van der Waals surface area contributed by atoms with Crippen molar-refractivity contribution in [2.45, 2.75) is 53.2 Å². The van der Waals surface area contributed by atoms with E-state index in [-0.39, 0.29) is 17.9 Å². The minimum Gasteiger partial charge on any atom is -0.508 e. The molecule has 0 saturated heterocycles. The minimum atomic E-state index is -0.424. The fraction of sp³-hybridized carbons (Fsp3) is 0.471. The van der Waals surface area contributed by atoms with Gasteiger partial charge in [-0.25, -0.2) is 4.39 Å². The molecule has 0 spiro atoms. The molecule has 4 nitrogen and oxygen atoms in total. The van der Waals surface area contributed by atoms with Gasteiger partial charge in [0.25, 0.3) is 0 Å². The van der Waals surface area contributed by atoms with Crippen LogP contribution in [-0.4, -0.2) is 21.0 Å². The molecule has 5 heteroatoms. The first-order valence-electron chi connectivity index (χ1n) is 7.51. The van der Waals surface area contributed by atoms with E-state index in [0.717, 1.165) is 17.3 Å². The molecule has 1 aromatic carbocycles. The van der Waals surface area contributed by atoms with Crippen molar-refractivity contribution in [2.24, 2.45) is 0 Å². The molecule has 1 N–H and O–H groups in total. The molecular formula is C17H23FN2O2. The number of benzene rings is 1. The predicted molar refractivity (Wildman–Crippen MR) is 84.0 cm³/mol. The summed E-state index contributed by atoms with van der Waals surface area (Å²) in [7, 11) is 0. The van der Waals surface area contributed by atoms with Gasteiger partial charge in [0.2, 0.25) is 5.88 Å². The highest BCUT2D eigenvalue weighted by Gasteiger charge is 2.20. The first-order chi connectivity index (χ1) is 10.3. The second kappa shape index (κ2) is 6.38. The molecule has 0 unspecified atom stereocenters. The average Bonchev–Trinajstić information content (AvgIpc) is 2.70. The zero-order valence-electron chi connectivity index (χ0n) is 13.7. The van der Waals surface area contributed by atoms with Crippen LogP contribution >= 0.6 is 0 Å². The van der Waals surface area contributed by atoms with Crippen molar-refractivity contribution in [1.29, 1.82) is 0 Å². The number of nitrogens with zero attached hydrogens (tertiary/aromatic N) is 2. The lowest BCUT2D eigenvalue weighted by atomic mass is 10.0. The maximum Gasteiger partial charge on any atom is 0.236 e. The Morgan fingerprint density at radius 3 is 2.50 bits per heavy atom. The lowest BCUT2D eigenvalue weighted by Crippen LogP contribution is -2.08. The van der Waals surface area contributed by atoms with Crippen LogP contribution in [0.3, 0.4) is 0 Å². The van der Waals surface area contributed by atoms with E-state index in [0.29, 0.717) is 17.9 Å². The van der Waals surface area contributed by atoms with E-state index in [1.54, 1.807) is 6.07 Å². The zero-order chi connectivity index (χ0) is 16.4. The summed E-state index contributed by atoms with van der Waals surface area (Å²) >= 11 is 0. The van der Waals surface area contributed by atoms with Crippen LogP contribution in [0.1, 0.15) is 50.6 Å². The molecule has 1 aromatic heterocycles. The molecule has 120 valence electrons. The van der Waals surface area contributed by atoms with Gasteiger partial charge >= 0.3 is 0 Å². The van der Waals surface area contributed by atoms with Crippen LogP contribution in [0.5, 0.6) is 11.6 Å². The molecule has 22 heavy (non-hydrogen) atoms. The molecule has 1 heterocycles. The summed E-state index contributed by atoms with van der Waals surface area (Å²) in [5.41, 5.74) is 2.36. The number of halogens is 1. The van der Waals surface area contributed by atoms with Crippen LogP contribution in [0.15, 0.2) is 18.2 Å². The van der Waals surface area contributed by atoms with Gasteiger partial charge in [0, 0.05) is 29.8 Å². The molecular weight excluding hydrogens is 283 g/mol. The SMILES string of the molecule is Cc1c(Cc2ccc(O)cc2F)c(OC(C)C)nn1C(C)C. The van der Waals surface area contributed by atoms with Crippen molar-refractivity contribution in [3.63, 3.8) is 0 Å². The Hall–Kier alpha value is -2.04. The highest BCUT2D eigenvalue weighted by Crippen LogP contribution is 2.28. The number of hydrogen-bond acceptors (Lipinski definition) is 3. The summed E-state index contributed by atoms with van der Waals surface area (Å²) in [6.07, 6.45) is 0.380. The fourth-order valence-electron chi connectivity index (χ4n) is 2.42. The highest BCUT2D eigenvalue weighted by atomic mass is 19.1. The quantitative estimate of drug-likeness (QED) is 0.908. The largest absolute Gasteiger partial charge is 0.508 e. The van der Waals surface area contributed by atoms with Crippen LogP contribution in [0, 0.1) is 12.7 Å². The molecule has 0 saturated carbocycles. The van der Waals surface area contributed by atoms with E-state index in [1.807, 2.05) is 39.3 Å². The first-order valence-corrected chi connectivity index (χ1v) is 7.51. The summed E-state index contributed by atoms with van der Waals surface area (Å²) in [5, 5.41) is 13.8. The summed E-state index contributed by atoms with van der Waals surface area (Å²) < 4.78 is 21.7. The van der Waals surface area contributed by atoms with E-state index in [9.17, 15) is 9.50 Å². The van der Waals surface area contributed by atoms with Gasteiger partial charge < -0.3 is 9.84 Å². The van der Waals surface area contributed by atoms with E-state index in [1.165, 1.54) is 6.07 Å². The Morgan fingerprint density at radius 2 is 1.95 bits per heavy atom. The molecule has 2 aromatic rings. The molecule has 0 aliphatic heterocycles. The summed E-state index contributed by atoms with van der Waals surface area (Å²) in [6.45, 7) is 9.94. The van der Waals surface area contributed by atoms with Crippen molar-refractivity contribution >= 4 is 0 Å². The van der Waals surface area contributed by atoms with Gasteiger partial charge in [0.15, 0.2) is 0 Å². The van der Waals surface area contributed by atoms with Crippen LogP contribution in [0.25, 0.3) is 0 Å². The van der Waals surface area contributed by atoms with Gasteiger partial charge in [-0.2, -0.15) is 0 Å². The van der Waals surface area contributed by atoms with Crippen LogP contribution in [0.2, 0.25) is 0 Å². The summed E-state index contributed by atoms with van der Waals surface area (Å²) in [5.74, 6) is 0.0513. The highest BCUT2D eigenvalue weighted by molar-refractivity contribution is 5.38. The van der Waals surface area contributed by atoms with Crippen molar-refractivity contribution in [3.8, 4) is 11.6 Å². The van der Waals surface area contributed by atoms with Gasteiger partial charge in [0.1, 0.15) is 11.6 Å². The third-order valence-electron chi connectivity index (χ3n) is 3.48. The van der Waals surface area contributed by atoms with Crippen LogP contribution < -0.4 is 4.74 Å². The number of ether oxygens (including phenoxy) is 1. The number of phenolic OH excluding ortho intramolecular Hbond substituents is 1. The lowest BCUT2D eigenvalue weighted by molar-refractivity contribution is 0.227. The Kier molecular flexibility index (Phi) is 4.74. The maximum atomic E-state index is 14.0. The van der Waals surface area contributed by atoms with E-state index in [2.05, 4.69) is 5.10 Å². The van der Waals surface area contributed by atoms with E-state index < -0.39 is 5.82 Å². The second-order valence-corrected chi connectivity index (χ2v) is 6.03. The number of phenols is 1. The average molecular weight is 306 g/mol. The predicted octanol–water partition coefficient (Wildman–Crippen LogP) is 4.00.